The molecule has 4 nitrogen and oxygen atoms in total. The van der Waals surface area contributed by atoms with E-state index in [9.17, 15) is 18.0 Å². The maximum atomic E-state index is 12.6. The molecule has 0 aliphatic heterocycles. The van der Waals surface area contributed by atoms with Gasteiger partial charge in [0, 0.05) is 17.8 Å². The fourth-order valence-corrected chi connectivity index (χ4v) is 2.14. The number of rotatable bonds is 6. The summed E-state index contributed by atoms with van der Waals surface area (Å²) >= 11 is 0. The number of methoxy groups -OCH3 is 1. The molecule has 0 saturated heterocycles. The Morgan fingerprint density at radius 2 is 1.88 bits per heavy atom. The number of para-hydroxylation sites is 1. The Morgan fingerprint density at radius 3 is 2.58 bits per heavy atom. The predicted octanol–water partition coefficient (Wildman–Crippen LogP) is 3.44. The minimum atomic E-state index is -4.44. The van der Waals surface area contributed by atoms with Crippen molar-refractivity contribution in [2.45, 2.75) is 12.7 Å². The highest BCUT2D eigenvalue weighted by Crippen LogP contribution is 2.30. The molecular formula is C17H17F3N2O2. The predicted molar refractivity (Wildman–Crippen MR) is 84.8 cm³/mol. The fraction of sp³-hybridized carbons (Fsp3) is 0.235. The van der Waals surface area contributed by atoms with Crippen LogP contribution >= 0.6 is 0 Å². The Labute approximate surface area is 137 Å². The van der Waals surface area contributed by atoms with Gasteiger partial charge in [0.05, 0.1) is 19.2 Å². The molecule has 0 atom stereocenters. The van der Waals surface area contributed by atoms with E-state index in [1.165, 1.54) is 12.1 Å². The molecule has 2 aromatic carbocycles. The molecule has 0 fully saturated rings. The first kappa shape index (κ1) is 17.8. The molecule has 0 unspecified atom stereocenters. The number of halogens is 3. The van der Waals surface area contributed by atoms with Gasteiger partial charge >= 0.3 is 6.18 Å². The van der Waals surface area contributed by atoms with Crippen molar-refractivity contribution in [1.29, 1.82) is 0 Å². The summed E-state index contributed by atoms with van der Waals surface area (Å²) in [6.45, 7) is 0.369. The van der Waals surface area contributed by atoms with Gasteiger partial charge in [-0.15, -0.1) is 0 Å². The molecule has 0 spiro atoms. The molecule has 2 aromatic rings. The summed E-state index contributed by atoms with van der Waals surface area (Å²) in [6.07, 6.45) is -4.44. The number of nitrogens with one attached hydrogen (secondary N) is 2. The summed E-state index contributed by atoms with van der Waals surface area (Å²) < 4.78 is 43.1. The van der Waals surface area contributed by atoms with Gasteiger partial charge in [0.25, 0.3) is 0 Å². The first-order valence-corrected chi connectivity index (χ1v) is 7.20. The molecule has 0 aliphatic carbocycles. The van der Waals surface area contributed by atoms with E-state index < -0.39 is 17.6 Å². The van der Waals surface area contributed by atoms with Crippen molar-refractivity contribution >= 4 is 11.6 Å². The highest BCUT2D eigenvalue weighted by Gasteiger charge is 2.30. The maximum Gasteiger partial charge on any atom is 0.416 e. The third-order valence-corrected chi connectivity index (χ3v) is 3.27. The molecule has 0 saturated carbocycles. The van der Waals surface area contributed by atoms with Crippen molar-refractivity contribution in [3.63, 3.8) is 0 Å². The second-order valence-corrected chi connectivity index (χ2v) is 5.04. The Morgan fingerprint density at radius 1 is 1.12 bits per heavy atom. The van der Waals surface area contributed by atoms with Crippen molar-refractivity contribution in [2.24, 2.45) is 0 Å². The highest BCUT2D eigenvalue weighted by atomic mass is 19.4. The van der Waals surface area contributed by atoms with E-state index in [4.69, 9.17) is 4.74 Å². The van der Waals surface area contributed by atoms with Crippen LogP contribution < -0.4 is 15.4 Å². The van der Waals surface area contributed by atoms with Gasteiger partial charge in [0.1, 0.15) is 5.75 Å². The molecule has 24 heavy (non-hydrogen) atoms. The second-order valence-electron chi connectivity index (χ2n) is 5.04. The average Bonchev–Trinajstić information content (AvgIpc) is 2.55. The van der Waals surface area contributed by atoms with Crippen LogP contribution in [-0.4, -0.2) is 19.6 Å². The number of ether oxygens (including phenoxy) is 1. The summed E-state index contributed by atoms with van der Waals surface area (Å²) in [5, 5.41) is 5.36. The zero-order chi connectivity index (χ0) is 17.6. The summed E-state index contributed by atoms with van der Waals surface area (Å²) in [4.78, 5) is 11.8. The van der Waals surface area contributed by atoms with Crippen molar-refractivity contribution in [2.75, 3.05) is 19.0 Å². The van der Waals surface area contributed by atoms with E-state index in [2.05, 4.69) is 10.6 Å². The van der Waals surface area contributed by atoms with Gasteiger partial charge in [-0.05, 0) is 24.3 Å². The van der Waals surface area contributed by atoms with Gasteiger partial charge in [0.15, 0.2) is 0 Å². The van der Waals surface area contributed by atoms with E-state index in [0.717, 1.165) is 17.7 Å². The molecule has 128 valence electrons. The molecule has 0 bridgehead atoms. The monoisotopic (exact) mass is 338 g/mol. The van der Waals surface area contributed by atoms with Crippen LogP contribution in [0.4, 0.5) is 18.9 Å². The van der Waals surface area contributed by atoms with Crippen LogP contribution in [0.25, 0.3) is 0 Å². The summed E-state index contributed by atoms with van der Waals surface area (Å²) in [5.41, 5.74) is 0.183. The number of amides is 1. The Hall–Kier alpha value is -2.54. The first-order chi connectivity index (χ1) is 11.4. The number of hydrogen-bond donors (Lipinski definition) is 2. The van der Waals surface area contributed by atoms with Gasteiger partial charge < -0.3 is 15.4 Å². The van der Waals surface area contributed by atoms with E-state index in [0.29, 0.717) is 12.3 Å². The number of hydrogen-bond acceptors (Lipinski definition) is 3. The van der Waals surface area contributed by atoms with E-state index in [1.807, 2.05) is 18.2 Å². The van der Waals surface area contributed by atoms with Crippen LogP contribution in [0.1, 0.15) is 11.1 Å². The molecule has 2 N–H and O–H groups in total. The average molecular weight is 338 g/mol. The van der Waals surface area contributed by atoms with Gasteiger partial charge in [0.2, 0.25) is 5.91 Å². The standard InChI is InChI=1S/C17H17F3N2O2/c1-24-15-8-3-2-5-12(15)10-21-11-16(23)22-14-7-4-6-13(9-14)17(18,19)20/h2-9,21H,10-11H2,1H3,(H,22,23). The second kappa shape index (κ2) is 7.83. The lowest BCUT2D eigenvalue weighted by molar-refractivity contribution is -0.137. The quantitative estimate of drug-likeness (QED) is 0.848. The van der Waals surface area contributed by atoms with E-state index in [-0.39, 0.29) is 12.2 Å². The van der Waals surface area contributed by atoms with Gasteiger partial charge in [-0.3, -0.25) is 4.79 Å². The van der Waals surface area contributed by atoms with Gasteiger partial charge in [-0.1, -0.05) is 24.3 Å². The first-order valence-electron chi connectivity index (χ1n) is 7.20. The van der Waals surface area contributed by atoms with Gasteiger partial charge in [-0.25, -0.2) is 0 Å². The topological polar surface area (TPSA) is 50.4 Å². The van der Waals surface area contributed by atoms with E-state index >= 15 is 0 Å². The Balaban J connectivity index is 1.88. The Kier molecular flexibility index (Phi) is 5.81. The van der Waals surface area contributed by atoms with Crippen LogP contribution in [0.3, 0.4) is 0 Å². The van der Waals surface area contributed by atoms with Crippen LogP contribution in [0.15, 0.2) is 48.5 Å². The van der Waals surface area contributed by atoms with Crippen LogP contribution in [0, 0.1) is 0 Å². The molecule has 7 heteroatoms. The highest BCUT2D eigenvalue weighted by molar-refractivity contribution is 5.92. The zero-order valence-corrected chi connectivity index (χ0v) is 13.0. The lowest BCUT2D eigenvalue weighted by atomic mass is 10.2. The SMILES string of the molecule is COc1ccccc1CNCC(=O)Nc1cccc(C(F)(F)F)c1. The molecule has 0 aromatic heterocycles. The smallest absolute Gasteiger partial charge is 0.416 e. The largest absolute Gasteiger partial charge is 0.496 e. The Bertz CT molecular complexity index is 702. The van der Waals surface area contributed by atoms with Crippen molar-refractivity contribution in [3.8, 4) is 5.75 Å². The third kappa shape index (κ3) is 4.99. The summed E-state index contributed by atoms with van der Waals surface area (Å²) in [6, 6.07) is 11.9. The number of benzene rings is 2. The summed E-state index contributed by atoms with van der Waals surface area (Å²) in [7, 11) is 1.55. The van der Waals surface area contributed by atoms with Crippen molar-refractivity contribution in [3.05, 3.63) is 59.7 Å². The molecular weight excluding hydrogens is 321 g/mol. The molecule has 1 amide bonds. The van der Waals surface area contributed by atoms with Crippen molar-refractivity contribution < 1.29 is 22.7 Å². The van der Waals surface area contributed by atoms with Crippen molar-refractivity contribution in [1.82, 2.24) is 5.32 Å². The maximum absolute atomic E-state index is 12.6. The number of alkyl halides is 3. The van der Waals surface area contributed by atoms with E-state index in [1.54, 1.807) is 13.2 Å². The summed E-state index contributed by atoms with van der Waals surface area (Å²) in [5.74, 6) is 0.271. The van der Waals surface area contributed by atoms with Crippen LogP contribution in [-0.2, 0) is 17.5 Å². The third-order valence-electron chi connectivity index (χ3n) is 3.27. The molecule has 0 radical (unpaired) electrons. The minimum Gasteiger partial charge on any atom is -0.496 e. The molecule has 0 heterocycles. The van der Waals surface area contributed by atoms with Gasteiger partial charge in [-0.2, -0.15) is 13.2 Å². The fourth-order valence-electron chi connectivity index (χ4n) is 2.14. The van der Waals surface area contributed by atoms with Crippen LogP contribution in [0.5, 0.6) is 5.75 Å². The zero-order valence-electron chi connectivity index (χ0n) is 13.0. The lowest BCUT2D eigenvalue weighted by Gasteiger charge is -2.11. The number of carbonyl (C=O) groups is 1. The normalized spacial score (nSPS) is 11.2. The van der Waals surface area contributed by atoms with Crippen LogP contribution in [0.2, 0.25) is 0 Å². The molecule has 2 rings (SSSR count). The minimum absolute atomic E-state index is 0.0334. The number of anilines is 1. The number of carbonyl (C=O) groups excluding carboxylic acids is 1. The lowest BCUT2D eigenvalue weighted by Crippen LogP contribution is -2.28. The molecule has 0 aliphatic rings.